The van der Waals surface area contributed by atoms with Crippen LogP contribution < -0.4 is 5.73 Å². The summed E-state index contributed by atoms with van der Waals surface area (Å²) in [7, 11) is -1.26. The topological polar surface area (TPSA) is 78.0 Å². The molecule has 0 fully saturated rings. The van der Waals surface area contributed by atoms with Crippen molar-refractivity contribution >= 4 is 20.9 Å². The second kappa shape index (κ2) is 4.94. The van der Waals surface area contributed by atoms with E-state index in [0.717, 1.165) is 24.2 Å². The Hall–Kier alpha value is -1.40. The van der Waals surface area contributed by atoms with Crippen molar-refractivity contribution in [2.24, 2.45) is 12.8 Å². The van der Waals surface area contributed by atoms with E-state index in [9.17, 15) is 8.42 Å². The van der Waals surface area contributed by atoms with Gasteiger partial charge in [0.1, 0.15) is 5.82 Å². The molecule has 0 amide bonds. The zero-order chi connectivity index (χ0) is 14.2. The largest absolute Gasteiger partial charge is 0.331 e. The third kappa shape index (κ3) is 2.96. The predicted molar refractivity (Wildman–Crippen MR) is 75.8 cm³/mol. The lowest BCUT2D eigenvalue weighted by Gasteiger charge is -2.04. The Kier molecular flexibility index (Phi) is 3.64. The van der Waals surface area contributed by atoms with Gasteiger partial charge in [-0.15, -0.1) is 0 Å². The zero-order valence-electron chi connectivity index (χ0n) is 11.4. The zero-order valence-corrected chi connectivity index (χ0v) is 12.2. The van der Waals surface area contributed by atoms with Crippen LogP contribution in [0.1, 0.15) is 19.2 Å². The number of aryl methyl sites for hydroxylation is 2. The third-order valence-corrected chi connectivity index (χ3v) is 4.31. The summed E-state index contributed by atoms with van der Waals surface area (Å²) in [5, 5.41) is 0. The van der Waals surface area contributed by atoms with Crippen molar-refractivity contribution in [3.8, 4) is 0 Å². The fourth-order valence-corrected chi connectivity index (χ4v) is 2.68. The van der Waals surface area contributed by atoms with Crippen LogP contribution in [0.5, 0.6) is 0 Å². The van der Waals surface area contributed by atoms with Gasteiger partial charge < -0.3 is 10.3 Å². The Morgan fingerprint density at radius 1 is 1.42 bits per heavy atom. The molecule has 0 saturated carbocycles. The molecule has 1 unspecified atom stereocenters. The summed E-state index contributed by atoms with van der Waals surface area (Å²) in [6.07, 6.45) is 2.85. The Morgan fingerprint density at radius 2 is 2.11 bits per heavy atom. The number of hydrogen-bond donors (Lipinski definition) is 1. The highest BCUT2D eigenvalue weighted by Gasteiger charge is 2.12. The van der Waals surface area contributed by atoms with Crippen molar-refractivity contribution in [1.82, 2.24) is 9.55 Å². The molecule has 0 saturated heterocycles. The van der Waals surface area contributed by atoms with E-state index >= 15 is 0 Å². The second-order valence-electron chi connectivity index (χ2n) is 5.03. The van der Waals surface area contributed by atoms with E-state index in [1.165, 1.54) is 6.26 Å². The minimum Gasteiger partial charge on any atom is -0.331 e. The van der Waals surface area contributed by atoms with E-state index in [1.807, 2.05) is 18.5 Å². The third-order valence-electron chi connectivity index (χ3n) is 3.20. The number of rotatable bonds is 4. The van der Waals surface area contributed by atoms with Crippen molar-refractivity contribution in [2.45, 2.75) is 30.7 Å². The lowest BCUT2D eigenvalue weighted by Crippen LogP contribution is -2.16. The van der Waals surface area contributed by atoms with Gasteiger partial charge >= 0.3 is 0 Å². The molecule has 1 aromatic heterocycles. The van der Waals surface area contributed by atoms with Crippen LogP contribution in [-0.2, 0) is 23.3 Å². The number of hydrogen-bond acceptors (Lipinski definition) is 4. The van der Waals surface area contributed by atoms with Gasteiger partial charge in [0, 0.05) is 25.8 Å². The van der Waals surface area contributed by atoms with Gasteiger partial charge in [-0.25, -0.2) is 13.4 Å². The van der Waals surface area contributed by atoms with E-state index in [-0.39, 0.29) is 6.04 Å². The van der Waals surface area contributed by atoms with Crippen LogP contribution in [0.4, 0.5) is 0 Å². The van der Waals surface area contributed by atoms with Gasteiger partial charge in [-0.3, -0.25) is 0 Å². The van der Waals surface area contributed by atoms with Crippen LogP contribution in [0.15, 0.2) is 23.1 Å². The van der Waals surface area contributed by atoms with Gasteiger partial charge in [0.2, 0.25) is 0 Å². The first kappa shape index (κ1) is 14.0. The maximum Gasteiger partial charge on any atom is 0.175 e. The van der Waals surface area contributed by atoms with Gasteiger partial charge in [-0.2, -0.15) is 0 Å². The Labute approximate surface area is 113 Å². The quantitative estimate of drug-likeness (QED) is 0.915. The normalized spacial score (nSPS) is 13.9. The van der Waals surface area contributed by atoms with E-state index < -0.39 is 9.84 Å². The number of sulfone groups is 1. The van der Waals surface area contributed by atoms with Crippen LogP contribution in [-0.4, -0.2) is 30.3 Å². The smallest absolute Gasteiger partial charge is 0.175 e. The molecule has 6 heteroatoms. The highest BCUT2D eigenvalue weighted by molar-refractivity contribution is 7.90. The lowest BCUT2D eigenvalue weighted by molar-refractivity contribution is 0.602. The van der Waals surface area contributed by atoms with Crippen molar-refractivity contribution in [1.29, 1.82) is 0 Å². The summed E-state index contributed by atoms with van der Waals surface area (Å²) in [5.74, 6) is 0.929. The summed E-state index contributed by atoms with van der Waals surface area (Å²) >= 11 is 0. The molecule has 104 valence electrons. The average molecular weight is 281 g/mol. The molecule has 0 aliphatic carbocycles. The van der Waals surface area contributed by atoms with E-state index in [4.69, 9.17) is 5.73 Å². The molecule has 0 bridgehead atoms. The number of imidazole rings is 1. The molecule has 0 radical (unpaired) electrons. The van der Waals surface area contributed by atoms with Crippen molar-refractivity contribution < 1.29 is 8.42 Å². The van der Waals surface area contributed by atoms with E-state index in [0.29, 0.717) is 10.4 Å². The number of nitrogens with zero attached hydrogens (tertiary/aromatic N) is 2. The van der Waals surface area contributed by atoms with Crippen molar-refractivity contribution in [2.75, 3.05) is 6.26 Å². The van der Waals surface area contributed by atoms with Gasteiger partial charge in [0.15, 0.2) is 9.84 Å². The summed E-state index contributed by atoms with van der Waals surface area (Å²) in [5.41, 5.74) is 7.40. The minimum absolute atomic E-state index is 0.131. The molecule has 1 atom stereocenters. The number of aromatic nitrogens is 2. The maximum atomic E-state index is 11.5. The van der Waals surface area contributed by atoms with Gasteiger partial charge in [0.25, 0.3) is 0 Å². The van der Waals surface area contributed by atoms with Gasteiger partial charge in [-0.05, 0) is 31.5 Å². The molecule has 2 aromatic rings. The number of nitrogens with two attached hydrogens (primary N) is 1. The SMILES string of the molecule is CC(N)CCc1nc2cc(S(C)(=O)=O)ccc2n1C. The minimum atomic E-state index is -3.19. The monoisotopic (exact) mass is 281 g/mol. The van der Waals surface area contributed by atoms with Crippen LogP contribution in [0.3, 0.4) is 0 Å². The molecule has 1 aromatic carbocycles. The summed E-state index contributed by atoms with van der Waals surface area (Å²) in [4.78, 5) is 4.80. The van der Waals surface area contributed by atoms with Crippen LogP contribution in [0, 0.1) is 0 Å². The Bertz CT molecular complexity index is 702. The molecule has 5 nitrogen and oxygen atoms in total. The lowest BCUT2D eigenvalue weighted by atomic mass is 10.2. The highest BCUT2D eigenvalue weighted by atomic mass is 32.2. The first-order valence-electron chi connectivity index (χ1n) is 6.20. The Balaban J connectivity index is 2.45. The average Bonchev–Trinajstić information content (AvgIpc) is 2.62. The predicted octanol–water partition coefficient (Wildman–Crippen LogP) is 1.26. The van der Waals surface area contributed by atoms with E-state index in [2.05, 4.69) is 4.98 Å². The number of benzene rings is 1. The molecule has 0 spiro atoms. The fraction of sp³-hybridized carbons (Fsp3) is 0.462. The van der Waals surface area contributed by atoms with Crippen LogP contribution in [0.2, 0.25) is 0 Å². The number of fused-ring (bicyclic) bond motifs is 1. The first-order chi connectivity index (χ1) is 8.79. The summed E-state index contributed by atoms with van der Waals surface area (Å²) in [6.45, 7) is 1.96. The molecule has 2 N–H and O–H groups in total. The molecule has 0 aliphatic heterocycles. The standard InChI is InChI=1S/C13H19N3O2S/c1-9(14)4-7-13-15-11-8-10(19(3,17)18)5-6-12(11)16(13)2/h5-6,8-9H,4,7,14H2,1-3H3. The van der Waals surface area contributed by atoms with Gasteiger partial charge in [-0.1, -0.05) is 0 Å². The van der Waals surface area contributed by atoms with Crippen molar-refractivity contribution in [3.63, 3.8) is 0 Å². The fourth-order valence-electron chi connectivity index (χ4n) is 2.04. The molecule has 2 rings (SSSR count). The molecular weight excluding hydrogens is 262 g/mol. The molecule has 0 aliphatic rings. The molecular formula is C13H19N3O2S. The maximum absolute atomic E-state index is 11.5. The molecule has 1 heterocycles. The second-order valence-corrected chi connectivity index (χ2v) is 7.04. The highest BCUT2D eigenvalue weighted by Crippen LogP contribution is 2.20. The van der Waals surface area contributed by atoms with Crippen molar-refractivity contribution in [3.05, 3.63) is 24.0 Å². The summed E-state index contributed by atoms with van der Waals surface area (Å²) < 4.78 is 25.1. The summed E-state index contributed by atoms with van der Waals surface area (Å²) in [6, 6.07) is 5.18. The molecule has 19 heavy (non-hydrogen) atoms. The Morgan fingerprint density at radius 3 is 2.68 bits per heavy atom. The van der Waals surface area contributed by atoms with E-state index in [1.54, 1.807) is 18.2 Å². The first-order valence-corrected chi connectivity index (χ1v) is 8.09. The van der Waals surface area contributed by atoms with Crippen LogP contribution in [0.25, 0.3) is 11.0 Å². The van der Waals surface area contributed by atoms with Gasteiger partial charge in [0.05, 0.1) is 15.9 Å². The van der Waals surface area contributed by atoms with Crippen LogP contribution >= 0.6 is 0 Å².